The Hall–Kier alpha value is -0.985. The average Bonchev–Trinajstić information content (AvgIpc) is 2.06. The molecule has 70 valence electrons. The van der Waals surface area contributed by atoms with Gasteiger partial charge in [0.25, 0.3) is 0 Å². The number of halogens is 1. The van der Waals surface area contributed by atoms with Crippen molar-refractivity contribution in [1.29, 1.82) is 5.31 Å². The molecule has 0 radical (unpaired) electrons. The second-order valence-electron chi connectivity index (χ2n) is 3.08. The monoisotopic (exact) mass is 179 g/mol. The number of nitrogens with one attached hydrogen (secondary N) is 1. The van der Waals surface area contributed by atoms with Gasteiger partial charge in [-0.15, -0.1) is 0 Å². The third-order valence-electron chi connectivity index (χ3n) is 1.69. The van der Waals surface area contributed by atoms with Crippen molar-refractivity contribution in [3.05, 3.63) is 35.9 Å². The molecule has 0 heterocycles. The van der Waals surface area contributed by atoms with Crippen molar-refractivity contribution in [2.45, 2.75) is 26.3 Å². The third kappa shape index (κ3) is 3.97. The zero-order valence-corrected chi connectivity index (χ0v) is 7.05. The zero-order valence-electron chi connectivity index (χ0n) is 7.05. The van der Waals surface area contributed by atoms with Crippen LogP contribution in [0.5, 0.6) is 0 Å². The maximum atomic E-state index is 13.3. The van der Waals surface area contributed by atoms with Crippen molar-refractivity contribution in [1.82, 2.24) is 0 Å². The number of hydrogen-bond donors (Lipinski definition) is 1. The minimum absolute atomic E-state index is 0. The first kappa shape index (κ1) is 12.0. The minimum atomic E-state index is -1.51. The summed E-state index contributed by atoms with van der Waals surface area (Å²) in [6, 6.07) is 9.36. The molecule has 0 aliphatic rings. The molecule has 1 rings (SSSR count). The van der Waals surface area contributed by atoms with Crippen LogP contribution in [-0.2, 0) is 6.42 Å². The van der Waals surface area contributed by atoms with Crippen LogP contribution in [0.4, 0.5) is 4.39 Å². The van der Waals surface area contributed by atoms with E-state index in [9.17, 15) is 4.39 Å². The summed E-state index contributed by atoms with van der Waals surface area (Å²) < 4.78 is 13.3. The zero-order chi connectivity index (χ0) is 9.03. The number of benzene rings is 1. The van der Waals surface area contributed by atoms with Gasteiger partial charge in [0.15, 0.2) is 0 Å². The van der Waals surface area contributed by atoms with Crippen LogP contribution < -0.4 is 0 Å². The van der Waals surface area contributed by atoms with E-state index in [0.717, 1.165) is 12.6 Å². The van der Waals surface area contributed by atoms with E-state index in [2.05, 4.69) is 0 Å². The van der Waals surface area contributed by atoms with Gasteiger partial charge in [0.2, 0.25) is 0 Å². The first-order valence-electron chi connectivity index (χ1n) is 3.88. The molecule has 1 unspecified atom stereocenters. The molecule has 13 heavy (non-hydrogen) atoms. The molecule has 0 amide bonds. The van der Waals surface area contributed by atoms with E-state index in [1.54, 1.807) is 0 Å². The van der Waals surface area contributed by atoms with Crippen molar-refractivity contribution < 1.29 is 4.39 Å². The van der Waals surface area contributed by atoms with Gasteiger partial charge in [0.1, 0.15) is 0 Å². The summed E-state index contributed by atoms with van der Waals surface area (Å²) in [5.41, 5.74) is -0.590. The van der Waals surface area contributed by atoms with Gasteiger partial charge in [-0.25, -0.2) is 0 Å². The molecule has 0 saturated carbocycles. The van der Waals surface area contributed by atoms with Crippen LogP contribution in [0.2, 0.25) is 0 Å². The maximum absolute atomic E-state index is 13.3. The molecule has 1 aromatic rings. The molecular formula is C10H15BFN. The van der Waals surface area contributed by atoms with Crippen LogP contribution in [0.3, 0.4) is 0 Å². The van der Waals surface area contributed by atoms with Gasteiger partial charge in [-0.05, 0) is 0 Å². The number of alkyl halides is 1. The summed E-state index contributed by atoms with van der Waals surface area (Å²) >= 11 is 0. The van der Waals surface area contributed by atoms with Crippen molar-refractivity contribution in [3.63, 3.8) is 0 Å². The molecule has 0 aromatic heterocycles. The van der Waals surface area contributed by atoms with Gasteiger partial charge in [-0.3, -0.25) is 0 Å². The van der Waals surface area contributed by atoms with Crippen molar-refractivity contribution in [3.8, 4) is 0 Å². The predicted octanol–water partition coefficient (Wildman–Crippen LogP) is 3.02. The summed E-state index contributed by atoms with van der Waals surface area (Å²) in [6.45, 7) is 1.41. The van der Waals surface area contributed by atoms with Crippen LogP contribution in [0.1, 0.15) is 19.9 Å². The van der Waals surface area contributed by atoms with E-state index in [1.165, 1.54) is 6.92 Å². The van der Waals surface area contributed by atoms with Crippen LogP contribution in [0, 0.1) is 5.31 Å². The van der Waals surface area contributed by atoms with Crippen LogP contribution >= 0.6 is 0 Å². The number of rotatable bonds is 3. The van der Waals surface area contributed by atoms with E-state index in [1.807, 2.05) is 30.3 Å². The van der Waals surface area contributed by atoms with E-state index in [-0.39, 0.29) is 13.8 Å². The molecule has 0 fully saturated rings. The molecular weight excluding hydrogens is 164 g/mol. The molecule has 1 nitrogen and oxygen atoms in total. The molecule has 0 bridgehead atoms. The van der Waals surface area contributed by atoms with E-state index in [4.69, 9.17) is 5.31 Å². The van der Waals surface area contributed by atoms with Crippen LogP contribution in [-0.4, -0.2) is 12.6 Å². The van der Waals surface area contributed by atoms with Gasteiger partial charge in [-0.2, -0.15) is 0 Å². The Kier molecular flexibility index (Phi) is 4.53. The van der Waals surface area contributed by atoms with Crippen molar-refractivity contribution >= 4 is 7.07 Å². The summed E-state index contributed by atoms with van der Waals surface area (Å²) in [4.78, 5) is 0. The number of hydrogen-bond acceptors (Lipinski definition) is 1. The Bertz CT molecular complexity index is 259. The Labute approximate surface area is 79.7 Å². The first-order chi connectivity index (χ1) is 5.64. The topological polar surface area (TPSA) is 23.9 Å². The average molecular weight is 179 g/mol. The van der Waals surface area contributed by atoms with Crippen LogP contribution in [0.25, 0.3) is 0 Å². The predicted molar refractivity (Wildman–Crippen MR) is 54.9 cm³/mol. The van der Waals surface area contributed by atoms with Crippen molar-refractivity contribution in [2.24, 2.45) is 0 Å². The summed E-state index contributed by atoms with van der Waals surface area (Å²) in [5.74, 6) is 0. The molecule has 3 heteroatoms. The van der Waals surface area contributed by atoms with Crippen LogP contribution in [0.15, 0.2) is 30.3 Å². The van der Waals surface area contributed by atoms with E-state index >= 15 is 0 Å². The molecule has 0 aliphatic carbocycles. The second-order valence-corrected chi connectivity index (χ2v) is 3.08. The molecule has 1 aromatic carbocycles. The van der Waals surface area contributed by atoms with Gasteiger partial charge in [0.05, 0.1) is 0 Å². The molecule has 0 spiro atoms. The molecule has 0 saturated heterocycles. The van der Waals surface area contributed by atoms with E-state index < -0.39 is 5.57 Å². The van der Waals surface area contributed by atoms with Gasteiger partial charge in [-0.1, -0.05) is 7.43 Å². The standard InChI is InChI=1S/C9H11BFN.CH4/c1-9(11,10-12)7-8-5-3-2-4-6-8;/h2-6,12H,7H2,1H3;1H4. The van der Waals surface area contributed by atoms with Gasteiger partial charge < -0.3 is 0 Å². The van der Waals surface area contributed by atoms with Crippen molar-refractivity contribution in [2.75, 3.05) is 0 Å². The fourth-order valence-electron chi connectivity index (χ4n) is 1.05. The SMILES string of the molecule is C.CC(F)(B=N)Cc1ccccc1. The fourth-order valence-corrected chi connectivity index (χ4v) is 1.05. The summed E-state index contributed by atoms with van der Waals surface area (Å²) in [5, 5.41) is 6.85. The molecule has 0 aliphatic heterocycles. The normalized spacial score (nSPS) is 13.7. The second kappa shape index (κ2) is 4.90. The Balaban J connectivity index is 0.00000144. The van der Waals surface area contributed by atoms with E-state index in [0.29, 0.717) is 0 Å². The van der Waals surface area contributed by atoms with Gasteiger partial charge in [0, 0.05) is 0 Å². The summed E-state index contributed by atoms with van der Waals surface area (Å²) in [7, 11) is 0.847. The third-order valence-corrected chi connectivity index (χ3v) is 1.69. The Morgan fingerprint density at radius 1 is 1.38 bits per heavy atom. The quantitative estimate of drug-likeness (QED) is 0.689. The van der Waals surface area contributed by atoms with Gasteiger partial charge >= 0.3 is 71.6 Å². The Morgan fingerprint density at radius 3 is 2.38 bits per heavy atom. The molecule has 1 N–H and O–H groups in total. The Morgan fingerprint density at radius 2 is 1.92 bits per heavy atom. The summed E-state index contributed by atoms with van der Waals surface area (Å²) in [6.07, 6.45) is 0.275. The first-order valence-corrected chi connectivity index (χ1v) is 3.88. The fraction of sp³-hybridized carbons (Fsp3) is 0.400. The molecule has 1 atom stereocenters.